The number of hydrogen-bond donors (Lipinski definition) is 1. The van der Waals surface area contributed by atoms with Gasteiger partial charge in [0.1, 0.15) is 5.60 Å². The maximum absolute atomic E-state index is 5.72. The van der Waals surface area contributed by atoms with Crippen LogP contribution in [0.25, 0.3) is 0 Å². The second kappa shape index (κ2) is 5.33. The fourth-order valence-electron chi connectivity index (χ4n) is 1.96. The van der Waals surface area contributed by atoms with Crippen molar-refractivity contribution in [3.05, 3.63) is 23.3 Å². The Morgan fingerprint density at radius 1 is 1.39 bits per heavy atom. The van der Waals surface area contributed by atoms with Gasteiger partial charge in [0.05, 0.1) is 5.69 Å². The topological polar surface area (TPSA) is 47.0 Å². The Kier molecular flexibility index (Phi) is 3.97. The molecule has 0 aliphatic heterocycles. The van der Waals surface area contributed by atoms with Crippen molar-refractivity contribution in [1.29, 1.82) is 0 Å². The maximum Gasteiger partial charge on any atom is 0.160 e. The molecule has 1 saturated carbocycles. The molecule has 4 heteroatoms. The number of ether oxygens (including phenoxy) is 1. The van der Waals surface area contributed by atoms with Crippen LogP contribution < -0.4 is 5.32 Å². The molecule has 1 fully saturated rings. The number of aromatic nitrogens is 2. The molecule has 0 aromatic carbocycles. The van der Waals surface area contributed by atoms with Crippen molar-refractivity contribution in [3.8, 4) is 0 Å². The van der Waals surface area contributed by atoms with Crippen molar-refractivity contribution in [1.82, 2.24) is 15.3 Å². The zero-order valence-corrected chi connectivity index (χ0v) is 11.8. The van der Waals surface area contributed by atoms with E-state index >= 15 is 0 Å². The minimum absolute atomic E-state index is 0.422. The first-order chi connectivity index (χ1) is 8.51. The van der Waals surface area contributed by atoms with E-state index in [1.54, 1.807) is 0 Å². The predicted molar refractivity (Wildman–Crippen MR) is 71.3 cm³/mol. The highest BCUT2D eigenvalue weighted by molar-refractivity contribution is 5.13. The van der Waals surface area contributed by atoms with Crippen LogP contribution in [0.4, 0.5) is 0 Å². The van der Waals surface area contributed by atoms with Crippen molar-refractivity contribution >= 4 is 0 Å². The molecule has 1 aliphatic rings. The highest BCUT2D eigenvalue weighted by Gasteiger charge is 2.25. The molecule has 2 rings (SSSR count). The fraction of sp³-hybridized carbons (Fsp3) is 0.714. The van der Waals surface area contributed by atoms with Crippen LogP contribution in [0.15, 0.2) is 6.07 Å². The summed E-state index contributed by atoms with van der Waals surface area (Å²) in [5, 5.41) is 3.48. The van der Waals surface area contributed by atoms with Crippen LogP contribution in [-0.2, 0) is 16.9 Å². The van der Waals surface area contributed by atoms with Gasteiger partial charge in [-0.2, -0.15) is 0 Å². The summed E-state index contributed by atoms with van der Waals surface area (Å²) in [7, 11) is 0. The quantitative estimate of drug-likeness (QED) is 0.840. The number of hydrogen-bond acceptors (Lipinski definition) is 4. The molecule has 1 aromatic heterocycles. The zero-order chi connectivity index (χ0) is 13.2. The lowest BCUT2D eigenvalue weighted by molar-refractivity contribution is -0.0211. The Bertz CT molecular complexity index is 414. The van der Waals surface area contributed by atoms with Gasteiger partial charge >= 0.3 is 0 Å². The minimum atomic E-state index is -0.422. The lowest BCUT2D eigenvalue weighted by Crippen LogP contribution is -2.26. The van der Waals surface area contributed by atoms with Crippen LogP contribution in [-0.4, -0.2) is 22.6 Å². The first-order valence-corrected chi connectivity index (χ1v) is 6.73. The lowest BCUT2D eigenvalue weighted by atomic mass is 10.1. The Balaban J connectivity index is 2.13. The molecule has 0 bridgehead atoms. The van der Waals surface area contributed by atoms with Crippen LogP contribution >= 0.6 is 0 Å². The normalized spacial score (nSPS) is 16.0. The molecule has 4 nitrogen and oxygen atoms in total. The Morgan fingerprint density at radius 2 is 2.11 bits per heavy atom. The molecule has 1 aliphatic carbocycles. The summed E-state index contributed by atoms with van der Waals surface area (Å²) in [4.78, 5) is 9.13. The second-order valence-electron chi connectivity index (χ2n) is 5.42. The third kappa shape index (κ3) is 3.50. The van der Waals surface area contributed by atoms with Crippen molar-refractivity contribution in [2.45, 2.75) is 58.7 Å². The van der Waals surface area contributed by atoms with E-state index in [4.69, 9.17) is 4.74 Å². The SMILES string of the molecule is CCOC(C)(C)c1nc(C)cc(CNC2CC2)n1. The van der Waals surface area contributed by atoms with E-state index in [0.29, 0.717) is 12.6 Å². The van der Waals surface area contributed by atoms with E-state index in [2.05, 4.69) is 15.3 Å². The average molecular weight is 249 g/mol. The summed E-state index contributed by atoms with van der Waals surface area (Å²) in [5.74, 6) is 0.775. The molecule has 0 spiro atoms. The molecule has 1 aromatic rings. The van der Waals surface area contributed by atoms with Gasteiger partial charge in [-0.05, 0) is 46.6 Å². The number of nitrogens with zero attached hydrogens (tertiary/aromatic N) is 2. The largest absolute Gasteiger partial charge is 0.368 e. The van der Waals surface area contributed by atoms with Crippen LogP contribution in [0, 0.1) is 6.92 Å². The molecule has 1 heterocycles. The standard InChI is InChI=1S/C14H23N3O/c1-5-18-14(3,4)13-16-10(2)8-12(17-13)9-15-11-6-7-11/h8,11,15H,5-7,9H2,1-4H3. The van der Waals surface area contributed by atoms with E-state index in [9.17, 15) is 0 Å². The van der Waals surface area contributed by atoms with E-state index in [1.807, 2.05) is 33.8 Å². The van der Waals surface area contributed by atoms with E-state index in [1.165, 1.54) is 12.8 Å². The highest BCUT2D eigenvalue weighted by atomic mass is 16.5. The summed E-state index contributed by atoms with van der Waals surface area (Å²) in [5.41, 5.74) is 1.63. The third-order valence-corrected chi connectivity index (χ3v) is 3.10. The molecule has 0 atom stereocenters. The van der Waals surface area contributed by atoms with Gasteiger partial charge in [0.25, 0.3) is 0 Å². The van der Waals surface area contributed by atoms with Gasteiger partial charge in [0.15, 0.2) is 5.82 Å². The van der Waals surface area contributed by atoms with Gasteiger partial charge in [0, 0.05) is 24.9 Å². The van der Waals surface area contributed by atoms with Crippen molar-refractivity contribution in [3.63, 3.8) is 0 Å². The molecule has 1 N–H and O–H groups in total. The van der Waals surface area contributed by atoms with Crippen LogP contribution in [0.5, 0.6) is 0 Å². The smallest absolute Gasteiger partial charge is 0.160 e. The predicted octanol–water partition coefficient (Wildman–Crippen LogP) is 2.31. The Morgan fingerprint density at radius 3 is 2.72 bits per heavy atom. The minimum Gasteiger partial charge on any atom is -0.368 e. The monoisotopic (exact) mass is 249 g/mol. The van der Waals surface area contributed by atoms with Crippen LogP contribution in [0.1, 0.15) is 50.8 Å². The fourth-order valence-corrected chi connectivity index (χ4v) is 1.96. The van der Waals surface area contributed by atoms with Gasteiger partial charge in [-0.1, -0.05) is 0 Å². The molecular formula is C14H23N3O. The molecule has 0 unspecified atom stereocenters. The van der Waals surface area contributed by atoms with E-state index in [0.717, 1.165) is 23.8 Å². The molecule has 0 radical (unpaired) electrons. The van der Waals surface area contributed by atoms with Gasteiger partial charge < -0.3 is 10.1 Å². The summed E-state index contributed by atoms with van der Waals surface area (Å²) in [6, 6.07) is 2.74. The molecule has 18 heavy (non-hydrogen) atoms. The van der Waals surface area contributed by atoms with Crippen LogP contribution in [0.2, 0.25) is 0 Å². The van der Waals surface area contributed by atoms with Crippen molar-refractivity contribution in [2.75, 3.05) is 6.61 Å². The zero-order valence-electron chi connectivity index (χ0n) is 11.8. The van der Waals surface area contributed by atoms with Gasteiger partial charge in [-0.25, -0.2) is 9.97 Å². The Labute approximate surface area is 109 Å². The molecule has 100 valence electrons. The molecule has 0 amide bonds. The van der Waals surface area contributed by atoms with Crippen LogP contribution in [0.3, 0.4) is 0 Å². The highest BCUT2D eigenvalue weighted by Crippen LogP contribution is 2.22. The third-order valence-electron chi connectivity index (χ3n) is 3.10. The first-order valence-electron chi connectivity index (χ1n) is 6.73. The van der Waals surface area contributed by atoms with E-state index in [-0.39, 0.29) is 0 Å². The van der Waals surface area contributed by atoms with Gasteiger partial charge in [-0.3, -0.25) is 0 Å². The summed E-state index contributed by atoms with van der Waals surface area (Å²) in [6.07, 6.45) is 2.59. The molecular weight excluding hydrogens is 226 g/mol. The maximum atomic E-state index is 5.72. The Hall–Kier alpha value is -1.00. The van der Waals surface area contributed by atoms with Crippen molar-refractivity contribution < 1.29 is 4.74 Å². The number of aryl methyl sites for hydroxylation is 1. The van der Waals surface area contributed by atoms with Gasteiger partial charge in [-0.15, -0.1) is 0 Å². The lowest BCUT2D eigenvalue weighted by Gasteiger charge is -2.23. The van der Waals surface area contributed by atoms with Crippen molar-refractivity contribution in [2.24, 2.45) is 0 Å². The van der Waals surface area contributed by atoms with E-state index < -0.39 is 5.60 Å². The average Bonchev–Trinajstić information content (AvgIpc) is 3.09. The van der Waals surface area contributed by atoms with Gasteiger partial charge in [0.2, 0.25) is 0 Å². The summed E-state index contributed by atoms with van der Waals surface area (Å²) >= 11 is 0. The summed E-state index contributed by atoms with van der Waals surface area (Å²) < 4.78 is 5.72. The molecule has 0 saturated heterocycles. The number of rotatable bonds is 6. The number of nitrogens with one attached hydrogen (secondary N) is 1. The first kappa shape index (κ1) is 13.4. The summed E-state index contributed by atoms with van der Waals surface area (Å²) in [6.45, 7) is 9.52. The second-order valence-corrected chi connectivity index (χ2v) is 5.42.